The second kappa shape index (κ2) is 3.77. The van der Waals surface area contributed by atoms with Gasteiger partial charge < -0.3 is 4.74 Å². The van der Waals surface area contributed by atoms with Gasteiger partial charge in [-0.15, -0.1) is 0 Å². The molecule has 0 radical (unpaired) electrons. The fraction of sp³-hybridized carbons (Fsp3) is 0.400. The van der Waals surface area contributed by atoms with Crippen LogP contribution in [0.15, 0.2) is 4.99 Å². The second-order valence-corrected chi connectivity index (χ2v) is 1.30. The van der Waals surface area contributed by atoms with Crippen LogP contribution in [0.25, 0.3) is 0 Å². The van der Waals surface area contributed by atoms with Crippen LogP contribution in [0, 0.1) is 0 Å². The van der Waals surface area contributed by atoms with E-state index >= 15 is 0 Å². The monoisotopic (exact) mass is 129 g/mol. The van der Waals surface area contributed by atoms with Gasteiger partial charge in [-0.2, -0.15) is 0 Å². The molecule has 0 aromatic heterocycles. The van der Waals surface area contributed by atoms with E-state index in [1.807, 2.05) is 0 Å². The van der Waals surface area contributed by atoms with Gasteiger partial charge >= 0.3 is 5.97 Å². The van der Waals surface area contributed by atoms with E-state index in [-0.39, 0.29) is 6.42 Å². The normalized spacial score (nSPS) is 8.11. The highest BCUT2D eigenvalue weighted by Crippen LogP contribution is 1.85. The topological polar surface area (TPSA) is 55.7 Å². The number of hydrogen-bond acceptors (Lipinski definition) is 3. The minimum atomic E-state index is -0.590. The molecule has 9 heavy (non-hydrogen) atoms. The van der Waals surface area contributed by atoms with Crippen molar-refractivity contribution in [1.82, 2.24) is 0 Å². The molecule has 50 valence electrons. The predicted octanol–water partition coefficient (Wildman–Crippen LogP) is -0.223. The SMILES string of the molecule is C=NC(=O)CC(=O)OC. The van der Waals surface area contributed by atoms with Crippen molar-refractivity contribution in [1.29, 1.82) is 0 Å². The third-order valence-electron chi connectivity index (χ3n) is 0.700. The molecule has 0 heterocycles. The minimum absolute atomic E-state index is 0.319. The quantitative estimate of drug-likeness (QED) is 0.294. The molecule has 0 aromatic rings. The highest BCUT2D eigenvalue weighted by atomic mass is 16.5. The summed E-state index contributed by atoms with van der Waals surface area (Å²) in [6.45, 7) is 2.94. The van der Waals surface area contributed by atoms with Crippen molar-refractivity contribution >= 4 is 18.6 Å². The van der Waals surface area contributed by atoms with E-state index in [4.69, 9.17) is 0 Å². The van der Waals surface area contributed by atoms with Crippen LogP contribution >= 0.6 is 0 Å². The number of methoxy groups -OCH3 is 1. The Bertz CT molecular complexity index is 141. The molecular weight excluding hydrogens is 122 g/mol. The molecular formula is C5H7NO3. The summed E-state index contributed by atoms with van der Waals surface area (Å²) in [5.41, 5.74) is 0. The van der Waals surface area contributed by atoms with Crippen molar-refractivity contribution in [2.24, 2.45) is 4.99 Å². The summed E-state index contributed by atoms with van der Waals surface area (Å²) in [6, 6.07) is 0. The molecule has 0 aliphatic heterocycles. The van der Waals surface area contributed by atoms with Gasteiger partial charge in [0.15, 0.2) is 0 Å². The van der Waals surface area contributed by atoms with Gasteiger partial charge in [-0.25, -0.2) is 4.99 Å². The molecule has 4 heteroatoms. The molecule has 0 rings (SSSR count). The number of ether oxygens (including phenoxy) is 1. The zero-order chi connectivity index (χ0) is 7.28. The maximum atomic E-state index is 10.3. The lowest BCUT2D eigenvalue weighted by molar-refractivity contribution is -0.143. The number of rotatable bonds is 2. The summed E-state index contributed by atoms with van der Waals surface area (Å²) in [5.74, 6) is -1.16. The molecule has 0 unspecified atom stereocenters. The number of aliphatic imine (C=N–C) groups is 1. The summed E-state index contributed by atoms with van der Waals surface area (Å²) >= 11 is 0. The van der Waals surface area contributed by atoms with Gasteiger partial charge in [0.2, 0.25) is 0 Å². The molecule has 0 atom stereocenters. The minimum Gasteiger partial charge on any atom is -0.469 e. The summed E-state index contributed by atoms with van der Waals surface area (Å²) in [4.78, 5) is 23.5. The Balaban J connectivity index is 3.59. The molecule has 0 aliphatic rings. The maximum absolute atomic E-state index is 10.3. The summed E-state index contributed by atoms with van der Waals surface area (Å²) in [6.07, 6.45) is -0.319. The van der Waals surface area contributed by atoms with Gasteiger partial charge in [-0.3, -0.25) is 9.59 Å². The van der Waals surface area contributed by atoms with E-state index in [2.05, 4.69) is 16.4 Å². The molecule has 0 N–H and O–H groups in total. The van der Waals surface area contributed by atoms with Crippen molar-refractivity contribution < 1.29 is 14.3 Å². The number of nitrogens with zero attached hydrogens (tertiary/aromatic N) is 1. The van der Waals surface area contributed by atoms with Crippen LogP contribution in [0.1, 0.15) is 6.42 Å². The zero-order valence-electron chi connectivity index (χ0n) is 5.09. The van der Waals surface area contributed by atoms with Gasteiger partial charge in [-0.05, 0) is 6.72 Å². The van der Waals surface area contributed by atoms with Crippen LogP contribution in [-0.2, 0) is 14.3 Å². The highest BCUT2D eigenvalue weighted by Gasteiger charge is 2.05. The van der Waals surface area contributed by atoms with E-state index in [0.29, 0.717) is 0 Å². The number of hydrogen-bond donors (Lipinski definition) is 0. The Hall–Kier alpha value is -1.19. The van der Waals surface area contributed by atoms with E-state index < -0.39 is 11.9 Å². The number of carbonyl (C=O) groups is 2. The molecule has 0 aliphatic carbocycles. The average Bonchev–Trinajstić information content (AvgIpc) is 1.87. The largest absolute Gasteiger partial charge is 0.469 e. The molecule has 0 bridgehead atoms. The van der Waals surface area contributed by atoms with E-state index in [0.717, 1.165) is 0 Å². The summed E-state index contributed by atoms with van der Waals surface area (Å²) in [7, 11) is 1.21. The Morgan fingerprint density at radius 2 is 2.22 bits per heavy atom. The van der Waals surface area contributed by atoms with Crippen LogP contribution in [0.3, 0.4) is 0 Å². The summed E-state index contributed by atoms with van der Waals surface area (Å²) < 4.78 is 4.18. The number of carbonyl (C=O) groups excluding carboxylic acids is 2. The van der Waals surface area contributed by atoms with Gasteiger partial charge in [0.1, 0.15) is 6.42 Å². The summed E-state index contributed by atoms with van der Waals surface area (Å²) in [5, 5.41) is 0. The van der Waals surface area contributed by atoms with Gasteiger partial charge in [0.25, 0.3) is 5.91 Å². The smallest absolute Gasteiger partial charge is 0.315 e. The molecule has 0 saturated heterocycles. The lowest BCUT2D eigenvalue weighted by Gasteiger charge is -1.91. The third kappa shape index (κ3) is 3.40. The first-order valence-corrected chi connectivity index (χ1v) is 2.27. The molecule has 0 spiro atoms. The zero-order valence-corrected chi connectivity index (χ0v) is 5.09. The van der Waals surface area contributed by atoms with Gasteiger partial charge in [0, 0.05) is 0 Å². The van der Waals surface area contributed by atoms with Crippen molar-refractivity contribution in [3.8, 4) is 0 Å². The fourth-order valence-corrected chi connectivity index (χ4v) is 0.252. The first-order chi connectivity index (χ1) is 4.20. The van der Waals surface area contributed by atoms with E-state index in [9.17, 15) is 9.59 Å². The Morgan fingerprint density at radius 1 is 1.67 bits per heavy atom. The number of esters is 1. The lowest BCUT2D eigenvalue weighted by atomic mass is 10.4. The molecule has 0 aromatic carbocycles. The van der Waals surface area contributed by atoms with Crippen LogP contribution in [-0.4, -0.2) is 25.7 Å². The lowest BCUT2D eigenvalue weighted by Crippen LogP contribution is -2.06. The Kier molecular flexibility index (Phi) is 3.27. The highest BCUT2D eigenvalue weighted by molar-refractivity contribution is 5.96. The Morgan fingerprint density at radius 3 is 2.56 bits per heavy atom. The van der Waals surface area contributed by atoms with Crippen LogP contribution < -0.4 is 0 Å². The predicted molar refractivity (Wildman–Crippen MR) is 31.2 cm³/mol. The van der Waals surface area contributed by atoms with E-state index in [1.54, 1.807) is 0 Å². The van der Waals surface area contributed by atoms with Crippen molar-refractivity contribution in [3.63, 3.8) is 0 Å². The number of amides is 1. The second-order valence-electron chi connectivity index (χ2n) is 1.30. The molecule has 1 amide bonds. The molecule has 4 nitrogen and oxygen atoms in total. The molecule has 0 fully saturated rings. The van der Waals surface area contributed by atoms with E-state index in [1.165, 1.54) is 7.11 Å². The van der Waals surface area contributed by atoms with Crippen LogP contribution in [0.2, 0.25) is 0 Å². The van der Waals surface area contributed by atoms with Crippen LogP contribution in [0.5, 0.6) is 0 Å². The average molecular weight is 129 g/mol. The first kappa shape index (κ1) is 7.81. The first-order valence-electron chi connectivity index (χ1n) is 2.27. The standard InChI is InChI=1S/C5H7NO3/c1-6-4(7)3-5(8)9-2/h1,3H2,2H3. The van der Waals surface area contributed by atoms with Gasteiger partial charge in [-0.1, -0.05) is 0 Å². The van der Waals surface area contributed by atoms with Crippen molar-refractivity contribution in [3.05, 3.63) is 0 Å². The van der Waals surface area contributed by atoms with Gasteiger partial charge in [0.05, 0.1) is 7.11 Å². The van der Waals surface area contributed by atoms with Crippen molar-refractivity contribution in [2.45, 2.75) is 6.42 Å². The van der Waals surface area contributed by atoms with Crippen molar-refractivity contribution in [2.75, 3.05) is 7.11 Å². The van der Waals surface area contributed by atoms with Crippen LogP contribution in [0.4, 0.5) is 0 Å². The maximum Gasteiger partial charge on any atom is 0.315 e. The molecule has 0 saturated carbocycles. The fourth-order valence-electron chi connectivity index (χ4n) is 0.252. The third-order valence-corrected chi connectivity index (χ3v) is 0.700. The Labute approximate surface area is 52.5 Å².